The van der Waals surface area contributed by atoms with Crippen LogP contribution in [0.1, 0.15) is 32.6 Å². The second kappa shape index (κ2) is 10.6. The average Bonchev–Trinajstić information content (AvgIpc) is 3.16. The van der Waals surface area contributed by atoms with Crippen LogP contribution >= 0.6 is 11.3 Å². The van der Waals surface area contributed by atoms with E-state index in [0.29, 0.717) is 13.0 Å². The molecule has 0 aliphatic heterocycles. The van der Waals surface area contributed by atoms with Crippen LogP contribution in [0, 0.1) is 0 Å². The van der Waals surface area contributed by atoms with E-state index in [2.05, 4.69) is 70.4 Å². The predicted octanol–water partition coefficient (Wildman–Crippen LogP) is 5.58. The molecule has 0 bridgehead atoms. The van der Waals surface area contributed by atoms with Crippen LogP contribution in [0.4, 0.5) is 0 Å². The molecule has 0 atom stereocenters. The maximum atomic E-state index is 12.0. The Bertz CT molecular complexity index is 1000. The van der Waals surface area contributed by atoms with Gasteiger partial charge in [-0.15, -0.1) is 23.0 Å². The first-order valence-electron chi connectivity index (χ1n) is 10.0. The van der Waals surface area contributed by atoms with Crippen LogP contribution in [0.3, 0.4) is 0 Å². The lowest BCUT2D eigenvalue weighted by molar-refractivity contribution is -0.121. The highest BCUT2D eigenvalue weighted by molar-refractivity contribution is 7.07. The largest absolute Gasteiger partial charge is 0.311 e. The standard InChI is InChI=1S/C24H27N3OS/c1-3-5-7-12-23(28)25-26-24-27(17-4-2)22(18-29-24)21-15-13-20(14-16-21)19-10-8-6-9-11-19/h4,6,8-11,13-16,18H,2-3,5,7,12,17H2,1H3,(H,25,28)/b26-24-. The van der Waals surface area contributed by atoms with Crippen molar-refractivity contribution in [3.05, 3.63) is 77.4 Å². The van der Waals surface area contributed by atoms with Crippen LogP contribution in [-0.4, -0.2) is 10.5 Å². The van der Waals surface area contributed by atoms with Gasteiger partial charge in [-0.25, -0.2) is 5.43 Å². The summed E-state index contributed by atoms with van der Waals surface area (Å²) >= 11 is 1.52. The van der Waals surface area contributed by atoms with Crippen LogP contribution in [0.15, 0.2) is 77.7 Å². The van der Waals surface area contributed by atoms with Gasteiger partial charge in [-0.1, -0.05) is 80.4 Å². The van der Waals surface area contributed by atoms with Gasteiger partial charge in [0.1, 0.15) is 0 Å². The third kappa shape index (κ3) is 5.55. The third-order valence-corrected chi connectivity index (χ3v) is 5.54. The normalized spacial score (nSPS) is 11.4. The molecule has 0 radical (unpaired) electrons. The summed E-state index contributed by atoms with van der Waals surface area (Å²) in [5.74, 6) is -0.0363. The lowest BCUT2D eigenvalue weighted by atomic mass is 10.0. The lowest BCUT2D eigenvalue weighted by Crippen LogP contribution is -2.24. The monoisotopic (exact) mass is 405 g/mol. The van der Waals surface area contributed by atoms with Gasteiger partial charge in [-0.05, 0) is 23.1 Å². The Hall–Kier alpha value is -2.92. The van der Waals surface area contributed by atoms with Crippen LogP contribution in [0.2, 0.25) is 0 Å². The van der Waals surface area contributed by atoms with Crippen LogP contribution < -0.4 is 10.2 Å². The first kappa shape index (κ1) is 20.8. The van der Waals surface area contributed by atoms with Crippen molar-refractivity contribution in [2.24, 2.45) is 5.10 Å². The molecule has 0 fully saturated rings. The van der Waals surface area contributed by atoms with Gasteiger partial charge in [-0.2, -0.15) is 0 Å². The van der Waals surface area contributed by atoms with Gasteiger partial charge in [0.2, 0.25) is 10.7 Å². The molecule has 0 aliphatic carbocycles. The number of nitrogens with one attached hydrogen (secondary N) is 1. The van der Waals surface area contributed by atoms with E-state index >= 15 is 0 Å². The highest BCUT2D eigenvalue weighted by atomic mass is 32.1. The van der Waals surface area contributed by atoms with Gasteiger partial charge >= 0.3 is 0 Å². The molecular formula is C24H27N3OS. The maximum absolute atomic E-state index is 12.0. The van der Waals surface area contributed by atoms with E-state index in [1.165, 1.54) is 22.5 Å². The number of carbonyl (C=O) groups is 1. The molecule has 4 nitrogen and oxygen atoms in total. The first-order valence-corrected chi connectivity index (χ1v) is 10.9. The number of carbonyl (C=O) groups excluding carboxylic acids is 1. The third-order valence-electron chi connectivity index (χ3n) is 4.68. The van der Waals surface area contributed by atoms with E-state index in [-0.39, 0.29) is 5.91 Å². The Labute approximate surface area is 176 Å². The van der Waals surface area contributed by atoms with E-state index < -0.39 is 0 Å². The number of nitrogens with zero attached hydrogens (tertiary/aromatic N) is 2. The minimum atomic E-state index is -0.0363. The molecule has 0 unspecified atom stereocenters. The molecule has 0 aliphatic rings. The van der Waals surface area contributed by atoms with Crippen molar-refractivity contribution in [1.82, 2.24) is 9.99 Å². The quantitative estimate of drug-likeness (QED) is 0.282. The predicted molar refractivity (Wildman–Crippen MR) is 121 cm³/mol. The van der Waals surface area contributed by atoms with Crippen molar-refractivity contribution in [2.75, 3.05) is 0 Å². The topological polar surface area (TPSA) is 46.4 Å². The zero-order chi connectivity index (χ0) is 20.5. The van der Waals surface area contributed by atoms with E-state index in [4.69, 9.17) is 0 Å². The molecule has 1 amide bonds. The van der Waals surface area contributed by atoms with Crippen molar-refractivity contribution >= 4 is 17.2 Å². The maximum Gasteiger partial charge on any atom is 0.240 e. The number of hydrogen-bond acceptors (Lipinski definition) is 3. The average molecular weight is 406 g/mol. The molecule has 2 aromatic carbocycles. The fourth-order valence-corrected chi connectivity index (χ4v) is 4.00. The van der Waals surface area contributed by atoms with Gasteiger partial charge in [0.15, 0.2) is 0 Å². The summed E-state index contributed by atoms with van der Waals surface area (Å²) in [6.07, 6.45) is 5.41. The molecule has 0 saturated heterocycles. The van der Waals surface area contributed by atoms with Gasteiger partial charge in [0.05, 0.1) is 5.69 Å². The highest BCUT2D eigenvalue weighted by Gasteiger charge is 2.08. The van der Waals surface area contributed by atoms with Gasteiger partial charge in [-0.3, -0.25) is 4.79 Å². The van der Waals surface area contributed by atoms with Crippen LogP contribution in [0.25, 0.3) is 22.4 Å². The summed E-state index contributed by atoms with van der Waals surface area (Å²) in [7, 11) is 0. The van der Waals surface area contributed by atoms with E-state index in [9.17, 15) is 4.79 Å². The summed E-state index contributed by atoms with van der Waals surface area (Å²) in [6.45, 7) is 6.62. The molecule has 5 heteroatoms. The van der Waals surface area contributed by atoms with E-state index in [1.807, 2.05) is 24.3 Å². The number of aromatic nitrogens is 1. The van der Waals surface area contributed by atoms with Gasteiger partial charge < -0.3 is 4.57 Å². The van der Waals surface area contributed by atoms with Crippen molar-refractivity contribution in [3.8, 4) is 22.4 Å². The molecule has 1 N–H and O–H groups in total. The Morgan fingerprint density at radius 1 is 1.07 bits per heavy atom. The summed E-state index contributed by atoms with van der Waals surface area (Å²) in [5, 5.41) is 6.42. The summed E-state index contributed by atoms with van der Waals surface area (Å²) in [6, 6.07) is 18.8. The lowest BCUT2D eigenvalue weighted by Gasteiger charge is -2.08. The number of hydrogen-bond donors (Lipinski definition) is 1. The minimum absolute atomic E-state index is 0.0363. The molecule has 3 rings (SSSR count). The Balaban J connectivity index is 1.82. The van der Waals surface area contributed by atoms with Crippen molar-refractivity contribution in [1.29, 1.82) is 0 Å². The van der Waals surface area contributed by atoms with E-state index in [1.54, 1.807) is 0 Å². The Morgan fingerprint density at radius 3 is 2.45 bits per heavy atom. The zero-order valence-electron chi connectivity index (χ0n) is 16.8. The van der Waals surface area contributed by atoms with Crippen molar-refractivity contribution in [2.45, 2.75) is 39.2 Å². The molecular weight excluding hydrogens is 378 g/mol. The molecule has 0 saturated carbocycles. The van der Waals surface area contributed by atoms with Crippen molar-refractivity contribution < 1.29 is 4.79 Å². The molecule has 1 aromatic heterocycles. The summed E-state index contributed by atoms with van der Waals surface area (Å²) < 4.78 is 2.07. The molecule has 0 spiro atoms. The number of amides is 1. The first-order chi connectivity index (χ1) is 14.2. The Morgan fingerprint density at radius 2 is 1.76 bits per heavy atom. The molecule has 150 valence electrons. The molecule has 29 heavy (non-hydrogen) atoms. The Kier molecular flexibility index (Phi) is 7.59. The number of thiazole rings is 1. The summed E-state index contributed by atoms with van der Waals surface area (Å²) in [4.78, 5) is 12.7. The number of benzene rings is 2. The van der Waals surface area contributed by atoms with Crippen molar-refractivity contribution in [3.63, 3.8) is 0 Å². The number of allylic oxidation sites excluding steroid dienone is 1. The smallest absolute Gasteiger partial charge is 0.240 e. The summed E-state index contributed by atoms with van der Waals surface area (Å²) in [5.41, 5.74) is 7.25. The van der Waals surface area contributed by atoms with Crippen LogP contribution in [0.5, 0.6) is 0 Å². The minimum Gasteiger partial charge on any atom is -0.311 e. The second-order valence-corrected chi connectivity index (χ2v) is 7.69. The number of rotatable bonds is 9. The highest BCUT2D eigenvalue weighted by Crippen LogP contribution is 2.25. The van der Waals surface area contributed by atoms with Gasteiger partial charge in [0.25, 0.3) is 0 Å². The second-order valence-electron chi connectivity index (χ2n) is 6.85. The number of unbranched alkanes of at least 4 members (excludes halogenated alkanes) is 2. The molecule has 3 aromatic rings. The SMILES string of the molecule is C=CCn1c(-c2ccc(-c3ccccc3)cc2)cs/c1=N\NC(=O)CCCCC. The fraction of sp³-hybridized carbons (Fsp3) is 0.250. The zero-order valence-corrected chi connectivity index (χ0v) is 17.6. The van der Waals surface area contributed by atoms with Gasteiger partial charge in [0, 0.05) is 18.3 Å². The van der Waals surface area contributed by atoms with Crippen LogP contribution in [-0.2, 0) is 11.3 Å². The van der Waals surface area contributed by atoms with E-state index in [0.717, 1.165) is 35.3 Å². The fourth-order valence-electron chi connectivity index (χ4n) is 3.12. The molecule has 1 heterocycles.